The summed E-state index contributed by atoms with van der Waals surface area (Å²) in [5.74, 6) is 0. The fourth-order valence-corrected chi connectivity index (χ4v) is 3.69. The highest BCUT2D eigenvalue weighted by atomic mass is 15.1. The molecule has 2 heteroatoms. The van der Waals surface area contributed by atoms with E-state index < -0.39 is 0 Å². The molecule has 2 aliphatic rings. The van der Waals surface area contributed by atoms with Gasteiger partial charge < -0.3 is 5.73 Å². The van der Waals surface area contributed by atoms with Crippen LogP contribution in [0.4, 0.5) is 0 Å². The second-order valence-corrected chi connectivity index (χ2v) is 7.68. The molecule has 0 atom stereocenters. The fourth-order valence-electron chi connectivity index (χ4n) is 3.69. The molecule has 0 unspecified atom stereocenters. The summed E-state index contributed by atoms with van der Waals surface area (Å²) >= 11 is 0. The Bertz CT molecular complexity index is 555. The highest BCUT2D eigenvalue weighted by Gasteiger charge is 2.22. The van der Waals surface area contributed by atoms with Gasteiger partial charge in [0.2, 0.25) is 0 Å². The molecule has 0 aromatic carbocycles. The second-order valence-electron chi connectivity index (χ2n) is 7.68. The highest BCUT2D eigenvalue weighted by Crippen LogP contribution is 2.23. The SMILES string of the molecule is CC/C=C\C=C(\C)CC1=CC=C(CN(C)C2CCC(N)CC2)CC=C1. The maximum Gasteiger partial charge on any atom is 0.0198 e. The molecule has 0 aliphatic heterocycles. The van der Waals surface area contributed by atoms with E-state index in [0.717, 1.165) is 25.8 Å². The zero-order chi connectivity index (χ0) is 18.1. The molecule has 2 rings (SSSR count). The van der Waals surface area contributed by atoms with Gasteiger partial charge in [-0.1, -0.05) is 60.6 Å². The van der Waals surface area contributed by atoms with Gasteiger partial charge in [0.15, 0.2) is 0 Å². The summed E-state index contributed by atoms with van der Waals surface area (Å²) in [6.45, 7) is 5.45. The van der Waals surface area contributed by atoms with E-state index in [9.17, 15) is 0 Å². The molecule has 1 saturated carbocycles. The van der Waals surface area contributed by atoms with Gasteiger partial charge in [-0.05, 0) is 64.5 Å². The summed E-state index contributed by atoms with van der Waals surface area (Å²) < 4.78 is 0. The summed E-state index contributed by atoms with van der Waals surface area (Å²) in [5.41, 5.74) is 10.4. The zero-order valence-corrected chi connectivity index (χ0v) is 16.4. The van der Waals surface area contributed by atoms with Gasteiger partial charge in [0.25, 0.3) is 0 Å². The van der Waals surface area contributed by atoms with Crippen LogP contribution in [0.3, 0.4) is 0 Å². The van der Waals surface area contributed by atoms with E-state index in [0.29, 0.717) is 12.1 Å². The number of nitrogens with two attached hydrogens (primary N) is 1. The van der Waals surface area contributed by atoms with E-state index in [1.807, 2.05) is 0 Å². The molecule has 2 N–H and O–H groups in total. The predicted molar refractivity (Wildman–Crippen MR) is 111 cm³/mol. The molecule has 138 valence electrons. The Kier molecular flexibility index (Phi) is 8.43. The first-order valence-corrected chi connectivity index (χ1v) is 9.91. The summed E-state index contributed by atoms with van der Waals surface area (Å²) in [6.07, 6.45) is 23.9. The Morgan fingerprint density at radius 2 is 2.00 bits per heavy atom. The van der Waals surface area contributed by atoms with Crippen molar-refractivity contribution in [1.29, 1.82) is 0 Å². The summed E-state index contributed by atoms with van der Waals surface area (Å²) in [4.78, 5) is 2.53. The molecule has 0 spiro atoms. The lowest BCUT2D eigenvalue weighted by molar-refractivity contribution is 0.195. The molecular formula is C23H36N2. The first-order chi connectivity index (χ1) is 12.1. The van der Waals surface area contributed by atoms with E-state index in [4.69, 9.17) is 5.73 Å². The van der Waals surface area contributed by atoms with Crippen LogP contribution in [0.2, 0.25) is 0 Å². The number of allylic oxidation sites excluding steroid dienone is 9. The normalized spacial score (nSPS) is 25.2. The monoisotopic (exact) mass is 340 g/mol. The van der Waals surface area contributed by atoms with Crippen LogP contribution in [0.25, 0.3) is 0 Å². The average Bonchev–Trinajstić information content (AvgIpc) is 2.81. The smallest absolute Gasteiger partial charge is 0.0198 e. The zero-order valence-electron chi connectivity index (χ0n) is 16.4. The number of nitrogens with zero attached hydrogens (tertiary/aromatic N) is 1. The van der Waals surface area contributed by atoms with E-state index in [2.05, 4.69) is 68.3 Å². The van der Waals surface area contributed by atoms with Gasteiger partial charge in [0.1, 0.15) is 0 Å². The predicted octanol–water partition coefficient (Wildman–Crippen LogP) is 5.30. The van der Waals surface area contributed by atoms with Gasteiger partial charge in [-0.15, -0.1) is 0 Å². The maximum atomic E-state index is 6.04. The Morgan fingerprint density at radius 3 is 2.72 bits per heavy atom. The first-order valence-electron chi connectivity index (χ1n) is 9.91. The molecule has 1 fully saturated rings. The molecule has 0 amide bonds. The molecule has 0 saturated heterocycles. The van der Waals surface area contributed by atoms with Crippen LogP contribution in [0, 0.1) is 0 Å². The number of likely N-dealkylation sites (N-methyl/N-ethyl adjacent to an activating group) is 1. The molecule has 0 aromatic rings. The van der Waals surface area contributed by atoms with Crippen molar-refractivity contribution in [3.63, 3.8) is 0 Å². The van der Waals surface area contributed by atoms with Gasteiger partial charge in [-0.2, -0.15) is 0 Å². The lowest BCUT2D eigenvalue weighted by atomic mass is 9.90. The lowest BCUT2D eigenvalue weighted by Crippen LogP contribution is -2.39. The van der Waals surface area contributed by atoms with Crippen molar-refractivity contribution in [1.82, 2.24) is 4.90 Å². The molecule has 2 nitrogen and oxygen atoms in total. The fraction of sp³-hybridized carbons (Fsp3) is 0.565. The third-order valence-electron chi connectivity index (χ3n) is 5.30. The van der Waals surface area contributed by atoms with Crippen LogP contribution >= 0.6 is 0 Å². The molecule has 25 heavy (non-hydrogen) atoms. The Balaban J connectivity index is 1.89. The Hall–Kier alpha value is -1.38. The summed E-state index contributed by atoms with van der Waals surface area (Å²) in [6, 6.07) is 1.13. The van der Waals surface area contributed by atoms with Crippen molar-refractivity contribution >= 4 is 0 Å². The minimum absolute atomic E-state index is 0.429. The molecule has 0 bridgehead atoms. The van der Waals surface area contributed by atoms with E-state index in [1.165, 1.54) is 42.4 Å². The Morgan fingerprint density at radius 1 is 1.24 bits per heavy atom. The van der Waals surface area contributed by atoms with E-state index in [1.54, 1.807) is 0 Å². The van der Waals surface area contributed by atoms with Gasteiger partial charge >= 0.3 is 0 Å². The second kappa shape index (κ2) is 10.6. The number of rotatable bonds is 7. The van der Waals surface area contributed by atoms with Crippen molar-refractivity contribution in [2.24, 2.45) is 5.73 Å². The Labute approximate surface area is 154 Å². The quantitative estimate of drug-likeness (QED) is 0.637. The van der Waals surface area contributed by atoms with Crippen LogP contribution < -0.4 is 5.73 Å². The van der Waals surface area contributed by atoms with Crippen molar-refractivity contribution < 1.29 is 0 Å². The van der Waals surface area contributed by atoms with Crippen LogP contribution in [-0.2, 0) is 0 Å². The average molecular weight is 341 g/mol. The van der Waals surface area contributed by atoms with E-state index >= 15 is 0 Å². The van der Waals surface area contributed by atoms with Crippen molar-refractivity contribution in [2.75, 3.05) is 13.6 Å². The van der Waals surface area contributed by atoms with Crippen molar-refractivity contribution in [2.45, 2.75) is 70.9 Å². The largest absolute Gasteiger partial charge is 0.328 e. The topological polar surface area (TPSA) is 29.3 Å². The third-order valence-corrected chi connectivity index (χ3v) is 5.30. The van der Waals surface area contributed by atoms with Crippen LogP contribution in [0.1, 0.15) is 58.8 Å². The van der Waals surface area contributed by atoms with Crippen molar-refractivity contribution in [3.8, 4) is 0 Å². The number of hydrogen-bond donors (Lipinski definition) is 1. The molecule has 0 aromatic heterocycles. The lowest BCUT2D eigenvalue weighted by Gasteiger charge is -2.33. The van der Waals surface area contributed by atoms with Gasteiger partial charge in [-0.3, -0.25) is 4.90 Å². The minimum atomic E-state index is 0.429. The van der Waals surface area contributed by atoms with Crippen molar-refractivity contribution in [3.05, 3.63) is 59.3 Å². The molecule has 0 radical (unpaired) electrons. The van der Waals surface area contributed by atoms with Crippen LogP contribution in [-0.4, -0.2) is 30.6 Å². The maximum absolute atomic E-state index is 6.04. The molecule has 2 aliphatic carbocycles. The highest BCUT2D eigenvalue weighted by molar-refractivity contribution is 5.34. The van der Waals surface area contributed by atoms with Gasteiger partial charge in [-0.25, -0.2) is 0 Å². The van der Waals surface area contributed by atoms with Crippen LogP contribution in [0.5, 0.6) is 0 Å². The van der Waals surface area contributed by atoms with Crippen LogP contribution in [0.15, 0.2) is 59.3 Å². The molecular weight excluding hydrogens is 304 g/mol. The van der Waals surface area contributed by atoms with Gasteiger partial charge in [0.05, 0.1) is 0 Å². The minimum Gasteiger partial charge on any atom is -0.328 e. The first kappa shape index (κ1) is 19.9. The summed E-state index contributed by atoms with van der Waals surface area (Å²) in [5, 5.41) is 0. The number of hydrogen-bond acceptors (Lipinski definition) is 2. The standard InChI is InChI=1S/C23H36N2/c1-4-5-6-8-19(2)17-20-9-7-10-21(12-11-20)18-25(3)23-15-13-22(24)14-16-23/h5-9,11-12,22-23H,4,10,13-18,24H2,1-3H3/b6-5-,19-8-. The van der Waals surface area contributed by atoms with E-state index in [-0.39, 0.29) is 0 Å². The molecule has 0 heterocycles. The van der Waals surface area contributed by atoms with Gasteiger partial charge in [0, 0.05) is 18.6 Å². The summed E-state index contributed by atoms with van der Waals surface area (Å²) in [7, 11) is 2.27. The third kappa shape index (κ3) is 7.17.